The maximum atomic E-state index is 12.4. The van der Waals surface area contributed by atoms with Crippen molar-refractivity contribution in [2.75, 3.05) is 6.61 Å². The average molecular weight is 398 g/mol. The van der Waals surface area contributed by atoms with Crippen molar-refractivity contribution < 1.29 is 22.1 Å². The molecule has 2 rings (SSSR count). The van der Waals surface area contributed by atoms with Crippen molar-refractivity contribution in [1.29, 1.82) is 0 Å². The molecular formula is C18H23NO5S2. The third kappa shape index (κ3) is 6.12. The molecule has 8 heteroatoms. The van der Waals surface area contributed by atoms with Crippen LogP contribution in [0.3, 0.4) is 0 Å². The first-order valence-electron chi connectivity index (χ1n) is 8.04. The quantitative estimate of drug-likeness (QED) is 0.744. The molecule has 1 amide bonds. The largest absolute Gasteiger partial charge is 0.444 e. The van der Waals surface area contributed by atoms with E-state index in [0.29, 0.717) is 0 Å². The number of benzene rings is 1. The molecule has 1 N–H and O–H groups in total. The second-order valence-electron chi connectivity index (χ2n) is 6.81. The first-order chi connectivity index (χ1) is 12.1. The molecule has 0 radical (unpaired) electrons. The molecule has 0 fully saturated rings. The van der Waals surface area contributed by atoms with Crippen LogP contribution in [-0.4, -0.2) is 26.7 Å². The zero-order valence-electron chi connectivity index (χ0n) is 15.2. The second kappa shape index (κ2) is 8.20. The molecule has 6 nitrogen and oxygen atoms in total. The summed E-state index contributed by atoms with van der Waals surface area (Å²) in [6, 6.07) is 7.54. The first-order valence-corrected chi connectivity index (χ1v) is 10.4. The van der Waals surface area contributed by atoms with Crippen LogP contribution < -0.4 is 5.32 Å². The molecule has 142 valence electrons. The second-order valence-corrected chi connectivity index (χ2v) is 9.20. The Labute approximate surface area is 158 Å². The minimum absolute atomic E-state index is 0.0736. The van der Waals surface area contributed by atoms with E-state index < -0.39 is 27.9 Å². The molecule has 26 heavy (non-hydrogen) atoms. The number of rotatable bonds is 6. The van der Waals surface area contributed by atoms with Crippen LogP contribution in [0.15, 0.2) is 46.0 Å². The summed E-state index contributed by atoms with van der Waals surface area (Å²) in [5.41, 5.74) is 1.05. The number of ether oxygens (including phenoxy) is 1. The highest BCUT2D eigenvalue weighted by molar-refractivity contribution is 7.86. The van der Waals surface area contributed by atoms with E-state index in [-0.39, 0.29) is 11.5 Å². The van der Waals surface area contributed by atoms with Crippen LogP contribution in [0, 0.1) is 6.92 Å². The number of nitrogens with one attached hydrogen (secondary N) is 1. The Hall–Kier alpha value is -1.90. The average Bonchev–Trinajstić information content (AvgIpc) is 3.04. The van der Waals surface area contributed by atoms with Gasteiger partial charge in [-0.1, -0.05) is 17.7 Å². The fourth-order valence-corrected chi connectivity index (χ4v) is 3.71. The SMILES string of the molecule is Cc1ccc(S(=O)(=O)OCC(NC(=O)OC(C)(C)C)c2ccsc2)cc1. The summed E-state index contributed by atoms with van der Waals surface area (Å²) >= 11 is 1.44. The van der Waals surface area contributed by atoms with Crippen molar-refractivity contribution in [3.8, 4) is 0 Å². The number of carbonyl (C=O) groups excluding carboxylic acids is 1. The summed E-state index contributed by atoms with van der Waals surface area (Å²) < 4.78 is 35.2. The third-order valence-electron chi connectivity index (χ3n) is 3.34. The lowest BCUT2D eigenvalue weighted by atomic mass is 10.1. The van der Waals surface area contributed by atoms with Crippen LogP contribution in [0.1, 0.15) is 37.9 Å². The van der Waals surface area contributed by atoms with Crippen LogP contribution in [0.5, 0.6) is 0 Å². The van der Waals surface area contributed by atoms with Gasteiger partial charge in [-0.25, -0.2) is 4.79 Å². The highest BCUT2D eigenvalue weighted by Gasteiger charge is 2.24. The van der Waals surface area contributed by atoms with E-state index >= 15 is 0 Å². The molecule has 0 bridgehead atoms. The van der Waals surface area contributed by atoms with Gasteiger partial charge >= 0.3 is 6.09 Å². The fraction of sp³-hybridized carbons (Fsp3) is 0.389. The van der Waals surface area contributed by atoms with Crippen molar-refractivity contribution in [1.82, 2.24) is 5.32 Å². The number of carbonyl (C=O) groups is 1. The molecular weight excluding hydrogens is 374 g/mol. The summed E-state index contributed by atoms with van der Waals surface area (Å²) in [5.74, 6) is 0. The van der Waals surface area contributed by atoms with E-state index in [0.717, 1.165) is 11.1 Å². The van der Waals surface area contributed by atoms with Crippen LogP contribution in [0.4, 0.5) is 4.79 Å². The molecule has 1 atom stereocenters. The normalized spacial score (nSPS) is 13.2. The first kappa shape index (κ1) is 20.4. The van der Waals surface area contributed by atoms with Gasteiger partial charge in [0.1, 0.15) is 5.60 Å². The molecule has 1 aromatic heterocycles. The minimum Gasteiger partial charge on any atom is -0.444 e. The van der Waals surface area contributed by atoms with Gasteiger partial charge in [0.25, 0.3) is 10.1 Å². The van der Waals surface area contributed by atoms with Gasteiger partial charge in [0, 0.05) is 0 Å². The Balaban J connectivity index is 2.10. The van der Waals surface area contributed by atoms with Gasteiger partial charge in [-0.05, 0) is 62.2 Å². The summed E-state index contributed by atoms with van der Waals surface area (Å²) in [7, 11) is -3.92. The summed E-state index contributed by atoms with van der Waals surface area (Å²) in [6.07, 6.45) is -0.634. The number of hydrogen-bond acceptors (Lipinski definition) is 6. The zero-order valence-corrected chi connectivity index (χ0v) is 16.8. The van der Waals surface area contributed by atoms with Crippen molar-refractivity contribution in [2.24, 2.45) is 0 Å². The van der Waals surface area contributed by atoms with E-state index in [2.05, 4.69) is 5.32 Å². The van der Waals surface area contributed by atoms with Gasteiger partial charge in [-0.15, -0.1) is 0 Å². The lowest BCUT2D eigenvalue weighted by Crippen LogP contribution is -2.36. The Morgan fingerprint density at radius 1 is 1.19 bits per heavy atom. The van der Waals surface area contributed by atoms with Gasteiger partial charge in [0.15, 0.2) is 0 Å². The third-order valence-corrected chi connectivity index (χ3v) is 5.33. The molecule has 0 aliphatic carbocycles. The van der Waals surface area contributed by atoms with Crippen molar-refractivity contribution in [2.45, 2.75) is 44.2 Å². The Morgan fingerprint density at radius 2 is 1.85 bits per heavy atom. The Kier molecular flexibility index (Phi) is 6.44. The monoisotopic (exact) mass is 397 g/mol. The molecule has 0 saturated carbocycles. The van der Waals surface area contributed by atoms with Crippen molar-refractivity contribution in [3.05, 3.63) is 52.2 Å². The van der Waals surface area contributed by atoms with Crippen molar-refractivity contribution in [3.63, 3.8) is 0 Å². The number of aryl methyl sites for hydroxylation is 1. The maximum absolute atomic E-state index is 12.4. The summed E-state index contributed by atoms with van der Waals surface area (Å²) in [5, 5.41) is 6.33. The van der Waals surface area contributed by atoms with Gasteiger partial charge in [-0.3, -0.25) is 4.18 Å². The van der Waals surface area contributed by atoms with Crippen LogP contribution in [0.2, 0.25) is 0 Å². The van der Waals surface area contributed by atoms with Crippen LogP contribution in [-0.2, 0) is 19.0 Å². The number of amides is 1. The number of alkyl carbamates (subject to hydrolysis) is 1. The predicted octanol–water partition coefficient (Wildman–Crippen LogP) is 4.03. The molecule has 0 aliphatic rings. The van der Waals surface area contributed by atoms with Crippen LogP contribution >= 0.6 is 11.3 Å². The smallest absolute Gasteiger partial charge is 0.408 e. The minimum atomic E-state index is -3.92. The topological polar surface area (TPSA) is 81.7 Å². The van der Waals surface area contributed by atoms with E-state index in [1.54, 1.807) is 39.0 Å². The van der Waals surface area contributed by atoms with E-state index in [1.807, 2.05) is 17.7 Å². The zero-order chi connectivity index (χ0) is 19.4. The van der Waals surface area contributed by atoms with E-state index in [4.69, 9.17) is 8.92 Å². The van der Waals surface area contributed by atoms with Crippen LogP contribution in [0.25, 0.3) is 0 Å². The number of hydrogen-bond donors (Lipinski definition) is 1. The molecule has 0 aliphatic heterocycles. The summed E-state index contributed by atoms with van der Waals surface area (Å²) in [4.78, 5) is 12.1. The molecule has 0 spiro atoms. The molecule has 0 saturated heterocycles. The van der Waals surface area contributed by atoms with Gasteiger partial charge in [-0.2, -0.15) is 19.8 Å². The van der Waals surface area contributed by atoms with E-state index in [9.17, 15) is 13.2 Å². The Bertz CT molecular complexity index is 821. The maximum Gasteiger partial charge on any atom is 0.408 e. The standard InChI is InChI=1S/C18H23NO5S2/c1-13-5-7-15(8-6-13)26(21,22)23-11-16(14-9-10-25-12-14)19-17(20)24-18(2,3)4/h5-10,12,16H,11H2,1-4H3,(H,19,20). The predicted molar refractivity (Wildman–Crippen MR) is 101 cm³/mol. The fourth-order valence-electron chi connectivity index (χ4n) is 2.07. The molecule has 1 unspecified atom stereocenters. The van der Waals surface area contributed by atoms with Gasteiger partial charge in [0.2, 0.25) is 0 Å². The van der Waals surface area contributed by atoms with Crippen molar-refractivity contribution >= 4 is 27.5 Å². The molecule has 1 aromatic carbocycles. The lowest BCUT2D eigenvalue weighted by molar-refractivity contribution is 0.0487. The lowest BCUT2D eigenvalue weighted by Gasteiger charge is -2.23. The van der Waals surface area contributed by atoms with Gasteiger partial charge in [0.05, 0.1) is 17.5 Å². The highest BCUT2D eigenvalue weighted by Crippen LogP contribution is 2.21. The molecule has 2 aromatic rings. The summed E-state index contributed by atoms with van der Waals surface area (Å²) in [6.45, 7) is 6.90. The Morgan fingerprint density at radius 3 is 2.38 bits per heavy atom. The van der Waals surface area contributed by atoms with Gasteiger partial charge < -0.3 is 10.1 Å². The van der Waals surface area contributed by atoms with E-state index in [1.165, 1.54) is 23.5 Å². The highest BCUT2D eigenvalue weighted by atomic mass is 32.2. The molecule has 1 heterocycles. The number of thiophene rings is 1.